The second kappa shape index (κ2) is 7.58. The van der Waals surface area contributed by atoms with Crippen molar-refractivity contribution in [2.75, 3.05) is 0 Å². The Bertz CT molecular complexity index is 884. The Morgan fingerprint density at radius 2 is 1.40 bits per heavy atom. The molecule has 25 heavy (non-hydrogen) atoms. The number of benzene rings is 3. The molecule has 0 amide bonds. The molecule has 0 aliphatic heterocycles. The highest BCUT2D eigenvalue weighted by atomic mass is 16.6. The summed E-state index contributed by atoms with van der Waals surface area (Å²) in [6.07, 6.45) is 0.776. The number of ether oxygens (including phenoxy) is 1. The average Bonchev–Trinajstić information content (AvgIpc) is 2.68. The first kappa shape index (κ1) is 16.7. The van der Waals surface area contributed by atoms with Crippen molar-refractivity contribution >= 4 is 11.9 Å². The van der Waals surface area contributed by atoms with E-state index in [1.807, 2.05) is 49.4 Å². The van der Waals surface area contributed by atoms with Crippen LogP contribution in [0.15, 0.2) is 78.9 Å². The zero-order chi connectivity index (χ0) is 17.6. The molecule has 0 aromatic heterocycles. The lowest BCUT2D eigenvalue weighted by atomic mass is 9.93. The molecule has 3 heteroatoms. The van der Waals surface area contributed by atoms with E-state index in [0.29, 0.717) is 11.1 Å². The molecular weight excluding hydrogens is 312 g/mol. The normalized spacial score (nSPS) is 10.3. The van der Waals surface area contributed by atoms with E-state index in [1.165, 1.54) is 0 Å². The van der Waals surface area contributed by atoms with Crippen LogP contribution in [0.5, 0.6) is 0 Å². The van der Waals surface area contributed by atoms with Gasteiger partial charge in [-0.3, -0.25) is 0 Å². The average molecular weight is 330 g/mol. The summed E-state index contributed by atoms with van der Waals surface area (Å²) < 4.78 is 5.11. The standard InChI is InChI=1S/C22H18O3/c1-2-16-14-9-15-19(20(16)17-10-5-3-6-11-17)22(24)25-21(23)18-12-7-4-8-13-18/h3-15H,2H2,1H3. The first-order valence-electron chi connectivity index (χ1n) is 8.19. The monoisotopic (exact) mass is 330 g/mol. The van der Waals surface area contributed by atoms with Crippen molar-refractivity contribution in [3.05, 3.63) is 95.6 Å². The molecule has 0 saturated heterocycles. The summed E-state index contributed by atoms with van der Waals surface area (Å²) in [5.74, 6) is -1.28. The van der Waals surface area contributed by atoms with Crippen LogP contribution < -0.4 is 0 Å². The van der Waals surface area contributed by atoms with Gasteiger partial charge in [0.2, 0.25) is 0 Å². The molecule has 3 aromatic rings. The third kappa shape index (κ3) is 3.66. The van der Waals surface area contributed by atoms with Gasteiger partial charge >= 0.3 is 11.9 Å². The second-order valence-corrected chi connectivity index (χ2v) is 5.60. The Hall–Kier alpha value is -3.20. The van der Waals surface area contributed by atoms with E-state index in [-0.39, 0.29) is 0 Å². The number of esters is 2. The summed E-state index contributed by atoms with van der Waals surface area (Å²) in [6, 6.07) is 23.7. The molecule has 124 valence electrons. The van der Waals surface area contributed by atoms with E-state index in [4.69, 9.17) is 4.74 Å². The van der Waals surface area contributed by atoms with Crippen LogP contribution in [0.2, 0.25) is 0 Å². The molecule has 0 aliphatic rings. The van der Waals surface area contributed by atoms with Crippen LogP contribution in [-0.4, -0.2) is 11.9 Å². The van der Waals surface area contributed by atoms with Crippen LogP contribution in [0.25, 0.3) is 11.1 Å². The topological polar surface area (TPSA) is 43.4 Å². The minimum atomic E-state index is -0.647. The molecule has 0 N–H and O–H groups in total. The first-order valence-corrected chi connectivity index (χ1v) is 8.19. The van der Waals surface area contributed by atoms with Crippen LogP contribution in [0.3, 0.4) is 0 Å². The molecular formula is C22H18O3. The quantitative estimate of drug-likeness (QED) is 0.504. The molecule has 3 rings (SSSR count). The zero-order valence-corrected chi connectivity index (χ0v) is 13.9. The zero-order valence-electron chi connectivity index (χ0n) is 13.9. The molecule has 3 nitrogen and oxygen atoms in total. The fraction of sp³-hybridized carbons (Fsp3) is 0.0909. The molecule has 3 aromatic carbocycles. The fourth-order valence-corrected chi connectivity index (χ4v) is 2.78. The molecule has 0 spiro atoms. The summed E-state index contributed by atoms with van der Waals surface area (Å²) in [6.45, 7) is 2.03. The number of carbonyl (C=O) groups is 2. The van der Waals surface area contributed by atoms with Crippen molar-refractivity contribution < 1.29 is 14.3 Å². The third-order valence-electron chi connectivity index (χ3n) is 4.01. The van der Waals surface area contributed by atoms with Gasteiger partial charge < -0.3 is 4.74 Å². The van der Waals surface area contributed by atoms with E-state index in [1.54, 1.807) is 36.4 Å². The summed E-state index contributed by atoms with van der Waals surface area (Å²) in [5, 5.41) is 0. The Labute approximate surface area is 146 Å². The lowest BCUT2D eigenvalue weighted by Crippen LogP contribution is -2.14. The molecule has 0 heterocycles. The lowest BCUT2D eigenvalue weighted by molar-refractivity contribution is 0.0398. The van der Waals surface area contributed by atoms with Crippen molar-refractivity contribution in [1.29, 1.82) is 0 Å². The molecule has 0 aliphatic carbocycles. The Balaban J connectivity index is 1.97. The predicted octanol–water partition coefficient (Wildman–Crippen LogP) is 4.91. The maximum atomic E-state index is 12.6. The van der Waals surface area contributed by atoms with Crippen LogP contribution in [0.1, 0.15) is 33.2 Å². The molecule has 0 atom stereocenters. The summed E-state index contributed by atoms with van der Waals surface area (Å²) >= 11 is 0. The lowest BCUT2D eigenvalue weighted by Gasteiger charge is -2.13. The van der Waals surface area contributed by atoms with Crippen LogP contribution in [0, 0.1) is 0 Å². The highest BCUT2D eigenvalue weighted by Gasteiger charge is 2.20. The van der Waals surface area contributed by atoms with Gasteiger partial charge in [-0.15, -0.1) is 0 Å². The van der Waals surface area contributed by atoms with E-state index in [2.05, 4.69) is 0 Å². The number of hydrogen-bond acceptors (Lipinski definition) is 3. The Morgan fingerprint density at radius 3 is 2.04 bits per heavy atom. The third-order valence-corrected chi connectivity index (χ3v) is 4.01. The van der Waals surface area contributed by atoms with Gasteiger partial charge in [0.15, 0.2) is 0 Å². The minimum Gasteiger partial charge on any atom is -0.386 e. The van der Waals surface area contributed by atoms with Crippen LogP contribution in [0.4, 0.5) is 0 Å². The van der Waals surface area contributed by atoms with Gasteiger partial charge in [-0.05, 0) is 41.3 Å². The highest BCUT2D eigenvalue weighted by Crippen LogP contribution is 2.29. The van der Waals surface area contributed by atoms with Gasteiger partial charge in [0.1, 0.15) is 0 Å². The summed E-state index contributed by atoms with van der Waals surface area (Å²) in [4.78, 5) is 24.8. The number of rotatable bonds is 4. The van der Waals surface area contributed by atoms with Gasteiger partial charge in [-0.25, -0.2) is 9.59 Å². The SMILES string of the molecule is CCc1cccc(C(=O)OC(=O)c2ccccc2)c1-c1ccccc1. The van der Waals surface area contributed by atoms with E-state index in [0.717, 1.165) is 23.1 Å². The number of hydrogen-bond donors (Lipinski definition) is 0. The second-order valence-electron chi connectivity index (χ2n) is 5.60. The van der Waals surface area contributed by atoms with Crippen LogP contribution in [-0.2, 0) is 11.2 Å². The molecule has 0 bridgehead atoms. The minimum absolute atomic E-state index is 0.351. The first-order chi connectivity index (χ1) is 12.2. The highest BCUT2D eigenvalue weighted by molar-refractivity contribution is 6.06. The number of carbonyl (C=O) groups excluding carboxylic acids is 2. The summed E-state index contributed by atoms with van der Waals surface area (Å²) in [5.41, 5.74) is 3.53. The van der Waals surface area contributed by atoms with E-state index < -0.39 is 11.9 Å². The van der Waals surface area contributed by atoms with Crippen molar-refractivity contribution in [2.45, 2.75) is 13.3 Å². The Kier molecular flexibility index (Phi) is 5.05. The van der Waals surface area contributed by atoms with Crippen LogP contribution >= 0.6 is 0 Å². The smallest absolute Gasteiger partial charge is 0.346 e. The van der Waals surface area contributed by atoms with E-state index >= 15 is 0 Å². The molecule has 0 fully saturated rings. The van der Waals surface area contributed by atoms with E-state index in [9.17, 15) is 9.59 Å². The van der Waals surface area contributed by atoms with Gasteiger partial charge in [0, 0.05) is 0 Å². The maximum Gasteiger partial charge on any atom is 0.346 e. The van der Waals surface area contributed by atoms with Crippen molar-refractivity contribution in [3.63, 3.8) is 0 Å². The van der Waals surface area contributed by atoms with Gasteiger partial charge in [0.05, 0.1) is 11.1 Å². The van der Waals surface area contributed by atoms with Gasteiger partial charge in [-0.1, -0.05) is 67.6 Å². The largest absolute Gasteiger partial charge is 0.386 e. The van der Waals surface area contributed by atoms with Crippen molar-refractivity contribution in [1.82, 2.24) is 0 Å². The van der Waals surface area contributed by atoms with Gasteiger partial charge in [0.25, 0.3) is 0 Å². The fourth-order valence-electron chi connectivity index (χ4n) is 2.78. The molecule has 0 saturated carbocycles. The molecule has 0 radical (unpaired) electrons. The van der Waals surface area contributed by atoms with Crippen molar-refractivity contribution in [2.24, 2.45) is 0 Å². The van der Waals surface area contributed by atoms with Crippen molar-refractivity contribution in [3.8, 4) is 11.1 Å². The molecule has 0 unspecified atom stereocenters. The summed E-state index contributed by atoms with van der Waals surface area (Å²) in [7, 11) is 0. The van der Waals surface area contributed by atoms with Gasteiger partial charge in [-0.2, -0.15) is 0 Å². The Morgan fingerprint density at radius 1 is 0.760 bits per heavy atom. The predicted molar refractivity (Wildman–Crippen MR) is 97.4 cm³/mol. The maximum absolute atomic E-state index is 12.6. The number of aryl methyl sites for hydroxylation is 1.